The van der Waals surface area contributed by atoms with Gasteiger partial charge in [-0.05, 0) is 50.2 Å². The maximum absolute atomic E-state index is 11.9. The average Bonchev–Trinajstić information content (AvgIpc) is 3.12. The number of hydrogen-bond acceptors (Lipinski definition) is 4. The lowest BCUT2D eigenvalue weighted by atomic mass is 10.1. The van der Waals surface area contributed by atoms with Gasteiger partial charge in [0.15, 0.2) is 0 Å². The second-order valence-electron chi connectivity index (χ2n) is 6.84. The van der Waals surface area contributed by atoms with Gasteiger partial charge >= 0.3 is 0 Å². The summed E-state index contributed by atoms with van der Waals surface area (Å²) in [6.45, 7) is 4.70. The number of carbonyl (C=O) groups excluding carboxylic acids is 1. The summed E-state index contributed by atoms with van der Waals surface area (Å²) in [7, 11) is 1.65. The van der Waals surface area contributed by atoms with Crippen LogP contribution in [0, 0.1) is 0 Å². The number of nitrogens with zero attached hydrogens (tertiary/aromatic N) is 2. The van der Waals surface area contributed by atoms with E-state index >= 15 is 0 Å². The highest BCUT2D eigenvalue weighted by atomic mass is 16.5. The highest BCUT2D eigenvalue weighted by Crippen LogP contribution is 2.25. The van der Waals surface area contributed by atoms with Gasteiger partial charge < -0.3 is 15.4 Å². The maximum atomic E-state index is 11.9. The lowest BCUT2D eigenvalue weighted by molar-refractivity contribution is -0.120. The normalized spacial score (nSPS) is 10.9. The number of methoxy groups -OCH3 is 1. The Morgan fingerprint density at radius 3 is 2.46 bits per heavy atom. The van der Waals surface area contributed by atoms with Crippen LogP contribution in [0.15, 0.2) is 60.8 Å². The molecule has 0 aliphatic heterocycles. The third-order valence-electron chi connectivity index (χ3n) is 4.22. The molecule has 6 nitrogen and oxygen atoms in total. The van der Waals surface area contributed by atoms with Crippen LogP contribution >= 0.6 is 0 Å². The van der Waals surface area contributed by atoms with E-state index in [-0.39, 0.29) is 18.5 Å². The van der Waals surface area contributed by atoms with Gasteiger partial charge in [-0.2, -0.15) is 5.10 Å². The summed E-state index contributed by atoms with van der Waals surface area (Å²) >= 11 is 0. The third kappa shape index (κ3) is 4.98. The lowest BCUT2D eigenvalue weighted by Crippen LogP contribution is -2.37. The molecule has 0 fully saturated rings. The van der Waals surface area contributed by atoms with E-state index < -0.39 is 0 Å². The molecule has 2 aromatic carbocycles. The fourth-order valence-corrected chi connectivity index (χ4v) is 2.93. The second kappa shape index (κ2) is 9.19. The van der Waals surface area contributed by atoms with Crippen LogP contribution in [-0.2, 0) is 11.3 Å². The molecule has 6 heteroatoms. The van der Waals surface area contributed by atoms with Crippen LogP contribution < -0.4 is 15.4 Å². The minimum atomic E-state index is -0.0172. The first kappa shape index (κ1) is 19.6. The SMILES string of the molecule is COc1ccc(-c2nn(-c3ccccc3)cc2CNCC(=O)NC(C)C)cc1. The summed E-state index contributed by atoms with van der Waals surface area (Å²) in [5, 5.41) is 10.9. The molecule has 3 rings (SSSR count). The molecule has 0 aliphatic carbocycles. The van der Waals surface area contributed by atoms with Gasteiger partial charge in [0.2, 0.25) is 5.91 Å². The zero-order valence-corrected chi connectivity index (χ0v) is 16.5. The smallest absolute Gasteiger partial charge is 0.234 e. The van der Waals surface area contributed by atoms with Crippen molar-refractivity contribution in [3.63, 3.8) is 0 Å². The Hall–Kier alpha value is -3.12. The first-order valence-electron chi connectivity index (χ1n) is 9.35. The van der Waals surface area contributed by atoms with Crippen LogP contribution in [0.3, 0.4) is 0 Å². The Bertz CT molecular complexity index is 902. The molecule has 0 spiro atoms. The van der Waals surface area contributed by atoms with E-state index in [1.807, 2.05) is 79.3 Å². The topological polar surface area (TPSA) is 68.2 Å². The zero-order valence-electron chi connectivity index (χ0n) is 16.5. The van der Waals surface area contributed by atoms with Crippen molar-refractivity contribution in [2.24, 2.45) is 0 Å². The van der Waals surface area contributed by atoms with Crippen LogP contribution in [-0.4, -0.2) is 35.4 Å². The van der Waals surface area contributed by atoms with Crippen molar-refractivity contribution in [3.05, 3.63) is 66.4 Å². The van der Waals surface area contributed by atoms with Gasteiger partial charge in [-0.1, -0.05) is 18.2 Å². The van der Waals surface area contributed by atoms with Gasteiger partial charge in [0, 0.05) is 29.9 Å². The molecule has 2 N–H and O–H groups in total. The fourth-order valence-electron chi connectivity index (χ4n) is 2.93. The van der Waals surface area contributed by atoms with Crippen molar-refractivity contribution >= 4 is 5.91 Å². The molecule has 1 aromatic heterocycles. The van der Waals surface area contributed by atoms with E-state index in [9.17, 15) is 4.79 Å². The van der Waals surface area contributed by atoms with Crippen molar-refractivity contribution < 1.29 is 9.53 Å². The molecule has 28 heavy (non-hydrogen) atoms. The molecular formula is C22H26N4O2. The van der Waals surface area contributed by atoms with Crippen molar-refractivity contribution in [1.29, 1.82) is 0 Å². The van der Waals surface area contributed by atoms with Crippen molar-refractivity contribution in [1.82, 2.24) is 20.4 Å². The first-order chi connectivity index (χ1) is 13.6. The van der Waals surface area contributed by atoms with Crippen LogP contribution in [0.1, 0.15) is 19.4 Å². The lowest BCUT2D eigenvalue weighted by Gasteiger charge is -2.09. The average molecular weight is 378 g/mol. The molecule has 3 aromatic rings. The first-order valence-corrected chi connectivity index (χ1v) is 9.35. The molecule has 1 heterocycles. The molecule has 0 radical (unpaired) electrons. The molecular weight excluding hydrogens is 352 g/mol. The van der Waals surface area contributed by atoms with E-state index in [4.69, 9.17) is 9.84 Å². The number of rotatable bonds is 8. The summed E-state index contributed by atoms with van der Waals surface area (Å²) in [6.07, 6.45) is 2.00. The van der Waals surface area contributed by atoms with E-state index in [2.05, 4.69) is 10.6 Å². The number of benzene rings is 2. The quantitative estimate of drug-likeness (QED) is 0.632. The number of ether oxygens (including phenoxy) is 1. The van der Waals surface area contributed by atoms with Gasteiger partial charge in [-0.3, -0.25) is 4.79 Å². The molecule has 0 bridgehead atoms. The minimum Gasteiger partial charge on any atom is -0.497 e. The predicted molar refractivity (Wildman–Crippen MR) is 111 cm³/mol. The highest BCUT2D eigenvalue weighted by Gasteiger charge is 2.13. The molecule has 0 atom stereocenters. The van der Waals surface area contributed by atoms with Gasteiger partial charge in [0.25, 0.3) is 0 Å². The monoisotopic (exact) mass is 378 g/mol. The van der Waals surface area contributed by atoms with Crippen LogP contribution in [0.2, 0.25) is 0 Å². The number of carbonyl (C=O) groups is 1. The van der Waals surface area contributed by atoms with E-state index in [0.717, 1.165) is 28.3 Å². The Labute approximate surface area is 165 Å². The van der Waals surface area contributed by atoms with Gasteiger partial charge in [-0.15, -0.1) is 0 Å². The number of aromatic nitrogens is 2. The second-order valence-corrected chi connectivity index (χ2v) is 6.84. The number of nitrogens with one attached hydrogen (secondary N) is 2. The summed E-state index contributed by atoms with van der Waals surface area (Å²) in [6, 6.07) is 17.9. The zero-order chi connectivity index (χ0) is 19.9. The molecule has 0 saturated heterocycles. The number of amides is 1. The molecule has 0 aliphatic rings. The third-order valence-corrected chi connectivity index (χ3v) is 4.22. The van der Waals surface area contributed by atoms with E-state index in [1.165, 1.54) is 0 Å². The minimum absolute atomic E-state index is 0.0172. The number of para-hydroxylation sites is 1. The Morgan fingerprint density at radius 1 is 1.11 bits per heavy atom. The Balaban J connectivity index is 1.83. The van der Waals surface area contributed by atoms with E-state index in [0.29, 0.717) is 6.54 Å². The number of hydrogen-bond donors (Lipinski definition) is 2. The van der Waals surface area contributed by atoms with Gasteiger partial charge in [0.1, 0.15) is 5.75 Å². The maximum Gasteiger partial charge on any atom is 0.234 e. The Morgan fingerprint density at radius 2 is 1.82 bits per heavy atom. The van der Waals surface area contributed by atoms with Gasteiger partial charge in [-0.25, -0.2) is 4.68 Å². The standard InChI is InChI=1S/C22H26N4O2/c1-16(2)24-21(27)14-23-13-18-15-26(19-7-5-4-6-8-19)25-22(18)17-9-11-20(28-3)12-10-17/h4-12,15-16,23H,13-14H2,1-3H3,(H,24,27). The fraction of sp³-hybridized carbons (Fsp3) is 0.273. The van der Waals surface area contributed by atoms with Crippen LogP contribution in [0.4, 0.5) is 0 Å². The van der Waals surface area contributed by atoms with Gasteiger partial charge in [0.05, 0.1) is 25.0 Å². The van der Waals surface area contributed by atoms with Crippen LogP contribution in [0.25, 0.3) is 16.9 Å². The predicted octanol–water partition coefficient (Wildman–Crippen LogP) is 3.16. The molecule has 0 saturated carbocycles. The van der Waals surface area contributed by atoms with Crippen LogP contribution in [0.5, 0.6) is 5.75 Å². The summed E-state index contributed by atoms with van der Waals surface area (Å²) in [5.74, 6) is 0.785. The summed E-state index contributed by atoms with van der Waals surface area (Å²) in [4.78, 5) is 11.9. The summed E-state index contributed by atoms with van der Waals surface area (Å²) in [5.41, 5.74) is 3.88. The molecule has 1 amide bonds. The highest BCUT2D eigenvalue weighted by molar-refractivity contribution is 5.78. The molecule has 146 valence electrons. The van der Waals surface area contributed by atoms with Crippen molar-refractivity contribution in [2.45, 2.75) is 26.4 Å². The van der Waals surface area contributed by atoms with E-state index in [1.54, 1.807) is 7.11 Å². The van der Waals surface area contributed by atoms with Crippen molar-refractivity contribution in [2.75, 3.05) is 13.7 Å². The summed E-state index contributed by atoms with van der Waals surface area (Å²) < 4.78 is 7.12. The Kier molecular flexibility index (Phi) is 6.45. The largest absolute Gasteiger partial charge is 0.497 e. The molecule has 0 unspecified atom stereocenters. The van der Waals surface area contributed by atoms with Crippen molar-refractivity contribution in [3.8, 4) is 22.7 Å².